The van der Waals surface area contributed by atoms with Gasteiger partial charge in [-0.2, -0.15) is 0 Å². The number of benzene rings is 1. The van der Waals surface area contributed by atoms with Crippen molar-refractivity contribution < 1.29 is 23.9 Å². The molecule has 0 radical (unpaired) electrons. The number of rotatable bonds is 5. The number of hydrogen-bond acceptors (Lipinski definition) is 5. The van der Waals surface area contributed by atoms with Crippen molar-refractivity contribution in [2.75, 3.05) is 13.2 Å². The molecule has 1 aromatic rings. The number of likely N-dealkylation sites (tertiary alicyclic amines) is 1. The Morgan fingerprint density at radius 2 is 1.76 bits per heavy atom. The Morgan fingerprint density at radius 3 is 2.36 bits per heavy atom. The van der Waals surface area contributed by atoms with Gasteiger partial charge in [-0.3, -0.25) is 9.69 Å². The van der Waals surface area contributed by atoms with Crippen molar-refractivity contribution in [3.63, 3.8) is 0 Å². The summed E-state index contributed by atoms with van der Waals surface area (Å²) in [6.45, 7) is 5.65. The number of nitrogens with zero attached hydrogens (tertiary/aromatic N) is 1. The van der Waals surface area contributed by atoms with Gasteiger partial charge in [-0.05, 0) is 95.2 Å². The summed E-state index contributed by atoms with van der Waals surface area (Å²) in [6, 6.07) is 7.86. The van der Waals surface area contributed by atoms with Gasteiger partial charge in [0.05, 0.1) is 0 Å². The molecule has 2 bridgehead atoms. The Kier molecular flexibility index (Phi) is 6.64. The van der Waals surface area contributed by atoms with Crippen molar-refractivity contribution in [2.45, 2.75) is 89.2 Å². The van der Waals surface area contributed by atoms with Gasteiger partial charge in [-0.15, -0.1) is 0 Å². The summed E-state index contributed by atoms with van der Waals surface area (Å²) >= 11 is 3.58. The van der Waals surface area contributed by atoms with Crippen LogP contribution in [0.3, 0.4) is 0 Å². The first-order chi connectivity index (χ1) is 15.5. The van der Waals surface area contributed by atoms with Crippen molar-refractivity contribution in [3.05, 3.63) is 34.3 Å². The average Bonchev–Trinajstić information content (AvgIpc) is 3.28. The first-order valence-corrected chi connectivity index (χ1v) is 12.8. The van der Waals surface area contributed by atoms with Gasteiger partial charge >= 0.3 is 12.1 Å². The SMILES string of the molecule is CC(C)(C)OC(=O)N1CCC[C@H]1C(=O)OCC(=O)C12CCC(c3cccc(Br)c3)(CC1)CC2. The van der Waals surface area contributed by atoms with E-state index in [0.29, 0.717) is 19.4 Å². The maximum atomic E-state index is 13.2. The lowest BCUT2D eigenvalue weighted by Gasteiger charge is -2.53. The van der Waals surface area contributed by atoms with E-state index in [2.05, 4.69) is 34.1 Å². The Labute approximate surface area is 204 Å². The monoisotopic (exact) mass is 519 g/mol. The molecule has 0 spiro atoms. The number of hydrogen-bond donors (Lipinski definition) is 0. The molecule has 4 aliphatic rings. The highest BCUT2D eigenvalue weighted by Gasteiger charge is 2.53. The van der Waals surface area contributed by atoms with Gasteiger partial charge in [0.15, 0.2) is 12.4 Å². The summed E-state index contributed by atoms with van der Waals surface area (Å²) < 4.78 is 12.0. The molecule has 1 saturated heterocycles. The van der Waals surface area contributed by atoms with E-state index in [-0.39, 0.29) is 23.2 Å². The second-order valence-electron chi connectivity index (χ2n) is 10.9. The van der Waals surface area contributed by atoms with Crippen molar-refractivity contribution in [2.24, 2.45) is 5.41 Å². The fraction of sp³-hybridized carbons (Fsp3) is 0.654. The molecule has 1 heterocycles. The maximum absolute atomic E-state index is 13.2. The molecule has 3 saturated carbocycles. The summed E-state index contributed by atoms with van der Waals surface area (Å²) in [5.74, 6) is -0.474. The molecule has 0 N–H and O–H groups in total. The molecule has 1 aromatic carbocycles. The first kappa shape index (κ1) is 24.2. The van der Waals surface area contributed by atoms with Crippen molar-refractivity contribution in [3.8, 4) is 0 Å². The number of amides is 1. The number of ether oxygens (including phenoxy) is 2. The van der Waals surface area contributed by atoms with Crippen molar-refractivity contribution in [1.82, 2.24) is 4.90 Å². The smallest absolute Gasteiger partial charge is 0.411 e. The van der Waals surface area contributed by atoms with E-state index in [0.717, 1.165) is 43.0 Å². The minimum Gasteiger partial charge on any atom is -0.456 e. The van der Waals surface area contributed by atoms with Crippen LogP contribution in [0.1, 0.15) is 77.7 Å². The quantitative estimate of drug-likeness (QED) is 0.476. The highest BCUT2D eigenvalue weighted by Crippen LogP contribution is 2.58. The van der Waals surface area contributed by atoms with Gasteiger partial charge in [0, 0.05) is 16.4 Å². The van der Waals surface area contributed by atoms with Crippen molar-refractivity contribution in [1.29, 1.82) is 0 Å². The predicted octanol–water partition coefficient (Wildman–Crippen LogP) is 5.55. The topological polar surface area (TPSA) is 72.9 Å². The molecule has 33 heavy (non-hydrogen) atoms. The van der Waals surface area contributed by atoms with Crippen LogP contribution in [0.5, 0.6) is 0 Å². The van der Waals surface area contributed by atoms with Gasteiger partial charge in [0.25, 0.3) is 0 Å². The summed E-state index contributed by atoms with van der Waals surface area (Å²) in [4.78, 5) is 39.9. The normalized spacial score (nSPS) is 29.1. The Bertz CT molecular complexity index is 912. The molecule has 4 fully saturated rings. The molecule has 7 heteroatoms. The van der Waals surface area contributed by atoms with Crippen LogP contribution in [0.2, 0.25) is 0 Å². The lowest BCUT2D eigenvalue weighted by Crippen LogP contribution is -2.49. The van der Waals surface area contributed by atoms with E-state index in [1.807, 2.05) is 6.07 Å². The largest absolute Gasteiger partial charge is 0.456 e. The molecule has 0 aromatic heterocycles. The van der Waals surface area contributed by atoms with Gasteiger partial charge in [-0.1, -0.05) is 28.1 Å². The number of carbonyl (C=O) groups is 3. The molecule has 3 aliphatic carbocycles. The number of esters is 1. The zero-order valence-electron chi connectivity index (χ0n) is 19.8. The molecule has 180 valence electrons. The third-order valence-corrected chi connectivity index (χ3v) is 8.27. The highest BCUT2D eigenvalue weighted by molar-refractivity contribution is 9.10. The number of halogens is 1. The van der Waals surface area contributed by atoms with Crippen LogP contribution in [0, 0.1) is 5.41 Å². The van der Waals surface area contributed by atoms with Crippen LogP contribution < -0.4 is 0 Å². The molecule has 5 rings (SSSR count). The lowest BCUT2D eigenvalue weighted by molar-refractivity contribution is -0.157. The van der Waals surface area contributed by atoms with Crippen LogP contribution in [0.4, 0.5) is 4.79 Å². The van der Waals surface area contributed by atoms with E-state index in [9.17, 15) is 14.4 Å². The zero-order valence-corrected chi connectivity index (χ0v) is 21.4. The van der Waals surface area contributed by atoms with Gasteiger partial charge in [0.2, 0.25) is 0 Å². The predicted molar refractivity (Wildman–Crippen MR) is 128 cm³/mol. The Balaban J connectivity index is 1.33. The number of carbonyl (C=O) groups excluding carboxylic acids is 3. The first-order valence-electron chi connectivity index (χ1n) is 12.0. The third-order valence-electron chi connectivity index (χ3n) is 7.77. The highest BCUT2D eigenvalue weighted by atomic mass is 79.9. The summed E-state index contributed by atoms with van der Waals surface area (Å²) in [6.07, 6.45) is 6.21. The van der Waals surface area contributed by atoms with Crippen LogP contribution in [-0.2, 0) is 24.5 Å². The number of ketones is 1. The fourth-order valence-electron chi connectivity index (χ4n) is 5.79. The van der Waals surface area contributed by atoms with Crippen molar-refractivity contribution >= 4 is 33.8 Å². The van der Waals surface area contributed by atoms with E-state index >= 15 is 0 Å². The Morgan fingerprint density at radius 1 is 1.09 bits per heavy atom. The van der Waals surface area contributed by atoms with Gasteiger partial charge in [-0.25, -0.2) is 9.59 Å². The molecule has 6 nitrogen and oxygen atoms in total. The minimum atomic E-state index is -0.674. The van der Waals surface area contributed by atoms with E-state index < -0.39 is 23.7 Å². The van der Waals surface area contributed by atoms with Gasteiger partial charge < -0.3 is 9.47 Å². The molecular weight excluding hydrogens is 486 g/mol. The molecule has 0 unspecified atom stereocenters. The maximum Gasteiger partial charge on any atom is 0.411 e. The van der Waals surface area contributed by atoms with E-state index in [1.165, 1.54) is 10.5 Å². The van der Waals surface area contributed by atoms with E-state index in [1.54, 1.807) is 20.8 Å². The minimum absolute atomic E-state index is 0.0280. The zero-order chi connectivity index (χ0) is 23.9. The fourth-order valence-corrected chi connectivity index (χ4v) is 6.19. The third kappa shape index (κ3) is 4.98. The standard InChI is InChI=1S/C26H34BrNO5/c1-24(2,3)33-23(31)28-15-5-8-20(28)22(30)32-17-21(29)26-12-9-25(10-13-26,11-14-26)18-6-4-7-19(27)16-18/h4,6-7,16,20H,5,8-15,17H2,1-3H3/t20-,25?,26?/m0/s1. The van der Waals surface area contributed by atoms with Crippen LogP contribution in [0.25, 0.3) is 0 Å². The summed E-state index contributed by atoms with van der Waals surface area (Å²) in [5.41, 5.74) is 0.498. The number of fused-ring (bicyclic) bond motifs is 3. The summed E-state index contributed by atoms with van der Waals surface area (Å²) in [7, 11) is 0. The average molecular weight is 520 g/mol. The molecule has 1 atom stereocenters. The second-order valence-corrected chi connectivity index (χ2v) is 11.8. The molecular formula is C26H34BrNO5. The van der Waals surface area contributed by atoms with E-state index in [4.69, 9.17) is 9.47 Å². The van der Waals surface area contributed by atoms with Crippen LogP contribution in [0.15, 0.2) is 28.7 Å². The summed E-state index contributed by atoms with van der Waals surface area (Å²) in [5, 5.41) is 0. The Hall–Kier alpha value is -1.89. The lowest BCUT2D eigenvalue weighted by atomic mass is 9.51. The van der Waals surface area contributed by atoms with Gasteiger partial charge in [0.1, 0.15) is 11.6 Å². The molecule has 1 amide bonds. The van der Waals surface area contributed by atoms with Crippen LogP contribution >= 0.6 is 15.9 Å². The second kappa shape index (κ2) is 9.05. The van der Waals surface area contributed by atoms with Crippen LogP contribution in [-0.4, -0.2) is 47.5 Å². The number of Topliss-reactive ketones (excluding diaryl/α,β-unsaturated/α-hetero) is 1. The molecule has 1 aliphatic heterocycles.